The Bertz CT molecular complexity index is 290. The van der Waals surface area contributed by atoms with Crippen LogP contribution in [0.25, 0.3) is 0 Å². The van der Waals surface area contributed by atoms with Gasteiger partial charge in [0.1, 0.15) is 0 Å². The summed E-state index contributed by atoms with van der Waals surface area (Å²) in [5.41, 5.74) is 0. The molecular formula is C9H22N5OP. The van der Waals surface area contributed by atoms with E-state index < -0.39 is 7.94 Å². The van der Waals surface area contributed by atoms with Gasteiger partial charge in [-0.3, -0.25) is 0 Å². The Morgan fingerprint density at radius 1 is 1.06 bits per heavy atom. The summed E-state index contributed by atoms with van der Waals surface area (Å²) in [7, 11) is 9.81. The van der Waals surface area contributed by atoms with Gasteiger partial charge in [0.2, 0.25) is 0 Å². The zero-order valence-corrected chi connectivity index (χ0v) is 11.9. The van der Waals surface area contributed by atoms with E-state index in [-0.39, 0.29) is 0 Å². The van der Waals surface area contributed by atoms with Crippen molar-refractivity contribution in [1.29, 1.82) is 0 Å². The third-order valence-corrected chi connectivity index (χ3v) is 6.42. The van der Waals surface area contributed by atoms with Gasteiger partial charge < -0.3 is 0 Å². The second kappa shape index (κ2) is 5.10. The van der Waals surface area contributed by atoms with Crippen molar-refractivity contribution >= 4 is 7.94 Å². The van der Waals surface area contributed by atoms with Gasteiger partial charge in [-0.1, -0.05) is 0 Å². The third-order valence-electron chi connectivity index (χ3n) is 2.45. The molecular weight excluding hydrogens is 225 g/mol. The zero-order valence-electron chi connectivity index (χ0n) is 10.9. The van der Waals surface area contributed by atoms with Crippen molar-refractivity contribution in [1.82, 2.24) is 24.0 Å². The summed E-state index contributed by atoms with van der Waals surface area (Å²) in [5, 5.41) is 0. The summed E-state index contributed by atoms with van der Waals surface area (Å²) in [5.74, 6) is 0. The van der Waals surface area contributed by atoms with Gasteiger partial charge in [0, 0.05) is 0 Å². The first-order chi connectivity index (χ1) is 7.41. The molecule has 16 heavy (non-hydrogen) atoms. The molecule has 6 nitrogen and oxygen atoms in total. The topological polar surface area (TPSA) is 47.6 Å². The molecule has 0 fully saturated rings. The van der Waals surface area contributed by atoms with Crippen LogP contribution < -0.4 is 4.52 Å². The molecule has 0 atom stereocenters. The number of H-pyrrole nitrogens is 1. The number of hydrogen-bond donors (Lipinski definition) is 1. The minimum atomic E-state index is -2.33. The van der Waals surface area contributed by atoms with E-state index in [4.69, 9.17) is 4.52 Å². The Hall–Kier alpha value is -0.680. The van der Waals surface area contributed by atoms with Crippen LogP contribution in [0.3, 0.4) is 0 Å². The van der Waals surface area contributed by atoms with E-state index in [1.54, 1.807) is 12.4 Å². The van der Waals surface area contributed by atoms with Gasteiger partial charge in [0.15, 0.2) is 0 Å². The maximum atomic E-state index is 6.08. The summed E-state index contributed by atoms with van der Waals surface area (Å²) >= 11 is 0. The molecule has 0 spiro atoms. The van der Waals surface area contributed by atoms with Crippen LogP contribution in [0, 0.1) is 0 Å². The molecule has 0 saturated carbocycles. The predicted molar refractivity (Wildman–Crippen MR) is 68.6 cm³/mol. The molecule has 0 saturated heterocycles. The molecule has 0 bridgehead atoms. The van der Waals surface area contributed by atoms with Gasteiger partial charge >= 0.3 is 97.1 Å². The van der Waals surface area contributed by atoms with Gasteiger partial charge in [0.25, 0.3) is 0 Å². The normalized spacial score (nSPS) is 13.8. The number of aromatic amines is 1. The fourth-order valence-electron chi connectivity index (χ4n) is 1.91. The predicted octanol–water partition coefficient (Wildman–Crippen LogP) is 0.883. The molecule has 1 rings (SSSR count). The molecule has 0 radical (unpaired) electrons. The third kappa shape index (κ3) is 2.35. The second-order valence-electron chi connectivity index (χ2n) is 4.25. The number of aromatic nitrogens is 2. The van der Waals surface area contributed by atoms with Crippen LogP contribution in [0.15, 0.2) is 12.4 Å². The van der Waals surface area contributed by atoms with Crippen molar-refractivity contribution in [3.8, 4) is 6.01 Å². The Kier molecular flexibility index (Phi) is 4.27. The van der Waals surface area contributed by atoms with Crippen molar-refractivity contribution in [2.75, 3.05) is 42.3 Å². The average Bonchev–Trinajstić information content (AvgIpc) is 2.64. The second-order valence-corrected chi connectivity index (χ2v) is 8.29. The van der Waals surface area contributed by atoms with Crippen LogP contribution >= 0.6 is 7.94 Å². The Balaban J connectivity index is 3.02. The van der Waals surface area contributed by atoms with Gasteiger partial charge in [0.05, 0.1) is 0 Å². The van der Waals surface area contributed by atoms with Crippen LogP contribution in [-0.2, 0) is 0 Å². The molecule has 0 aromatic carbocycles. The fourth-order valence-corrected chi connectivity index (χ4v) is 5.23. The van der Waals surface area contributed by atoms with E-state index in [1.165, 1.54) is 0 Å². The van der Waals surface area contributed by atoms with Crippen molar-refractivity contribution in [2.45, 2.75) is 0 Å². The molecule has 1 heterocycles. The van der Waals surface area contributed by atoms with Crippen LogP contribution in [0.5, 0.6) is 6.01 Å². The SMILES string of the molecule is CN(C)[PH](Oc1ncc[nH]1)(N(C)C)N(C)C. The average molecular weight is 247 g/mol. The van der Waals surface area contributed by atoms with Crippen LogP contribution in [0.1, 0.15) is 0 Å². The quantitative estimate of drug-likeness (QED) is 0.783. The van der Waals surface area contributed by atoms with E-state index in [0.717, 1.165) is 0 Å². The zero-order chi connectivity index (χ0) is 12.3. The summed E-state index contributed by atoms with van der Waals surface area (Å²) in [6.07, 6.45) is 3.45. The first-order valence-electron chi connectivity index (χ1n) is 5.12. The fraction of sp³-hybridized carbons (Fsp3) is 0.667. The first-order valence-corrected chi connectivity index (χ1v) is 6.87. The Morgan fingerprint density at radius 3 is 1.88 bits per heavy atom. The monoisotopic (exact) mass is 247 g/mol. The number of hydrogen-bond acceptors (Lipinski definition) is 5. The molecule has 0 aliphatic rings. The van der Waals surface area contributed by atoms with Crippen LogP contribution in [0.4, 0.5) is 0 Å². The number of imidazole rings is 1. The number of rotatable bonds is 5. The summed E-state index contributed by atoms with van der Waals surface area (Å²) in [6.45, 7) is 0. The Labute approximate surface area is 97.8 Å². The molecule has 0 amide bonds. The molecule has 94 valence electrons. The summed E-state index contributed by atoms with van der Waals surface area (Å²) < 4.78 is 12.4. The van der Waals surface area contributed by atoms with Crippen LogP contribution in [-0.4, -0.2) is 66.3 Å². The van der Waals surface area contributed by atoms with Crippen LogP contribution in [0.2, 0.25) is 0 Å². The molecule has 7 heteroatoms. The van der Waals surface area contributed by atoms with Crippen molar-refractivity contribution < 1.29 is 4.52 Å². The first kappa shape index (κ1) is 13.4. The van der Waals surface area contributed by atoms with Gasteiger partial charge in [-0.2, -0.15) is 0 Å². The molecule has 0 unspecified atom stereocenters. The summed E-state index contributed by atoms with van der Waals surface area (Å²) in [6, 6.07) is 0.558. The van der Waals surface area contributed by atoms with E-state index in [2.05, 4.69) is 24.0 Å². The van der Waals surface area contributed by atoms with Gasteiger partial charge in [-0.05, 0) is 0 Å². The van der Waals surface area contributed by atoms with E-state index in [1.807, 2.05) is 42.3 Å². The van der Waals surface area contributed by atoms with Crippen molar-refractivity contribution in [3.63, 3.8) is 0 Å². The minimum absolute atomic E-state index is 0.558. The Morgan fingerprint density at radius 2 is 1.56 bits per heavy atom. The van der Waals surface area contributed by atoms with E-state index in [0.29, 0.717) is 6.01 Å². The number of nitrogens with one attached hydrogen (secondary N) is 1. The molecule has 1 aromatic rings. The molecule has 0 aliphatic heterocycles. The van der Waals surface area contributed by atoms with Crippen molar-refractivity contribution in [3.05, 3.63) is 12.4 Å². The maximum absolute atomic E-state index is 6.08. The van der Waals surface area contributed by atoms with Gasteiger partial charge in [-0.15, -0.1) is 0 Å². The standard InChI is InChI=1S/C9H22N5OP/c1-12(2)16(13(3)4,14(5)6)15-9-10-7-8-11-9/h7-8,16H,1-6H3,(H,10,11). The van der Waals surface area contributed by atoms with E-state index >= 15 is 0 Å². The van der Waals surface area contributed by atoms with E-state index in [9.17, 15) is 0 Å². The van der Waals surface area contributed by atoms with Crippen molar-refractivity contribution in [2.24, 2.45) is 0 Å². The molecule has 0 aliphatic carbocycles. The molecule has 1 aromatic heterocycles. The van der Waals surface area contributed by atoms with Gasteiger partial charge in [-0.25, -0.2) is 0 Å². The number of nitrogens with zero attached hydrogens (tertiary/aromatic N) is 4. The summed E-state index contributed by atoms with van der Waals surface area (Å²) in [4.78, 5) is 7.10. The molecule has 1 N–H and O–H groups in total.